The highest BCUT2D eigenvalue weighted by Crippen LogP contribution is 2.41. The van der Waals surface area contributed by atoms with Gasteiger partial charge in [0.25, 0.3) is 11.7 Å². The van der Waals surface area contributed by atoms with E-state index in [4.69, 9.17) is 9.47 Å². The van der Waals surface area contributed by atoms with Crippen LogP contribution in [0.3, 0.4) is 0 Å². The Kier molecular flexibility index (Phi) is 8.53. The minimum atomic E-state index is -0.838. The quantitative estimate of drug-likeness (QED) is 0.184. The predicted molar refractivity (Wildman–Crippen MR) is 137 cm³/mol. The molecule has 1 atom stereocenters. The molecule has 0 aliphatic carbocycles. The first kappa shape index (κ1) is 26.9. The first-order valence-corrected chi connectivity index (χ1v) is 12.0. The normalized spacial score (nSPS) is 17.2. The number of likely N-dealkylation sites (N-methyl/N-ethyl adjacent to an activating group) is 1. The zero-order chi connectivity index (χ0) is 26.6. The molecular formula is C28H34N2O6. The van der Waals surface area contributed by atoms with Crippen molar-refractivity contribution in [2.45, 2.75) is 39.7 Å². The van der Waals surface area contributed by atoms with Gasteiger partial charge in [0.15, 0.2) is 0 Å². The van der Waals surface area contributed by atoms with E-state index >= 15 is 0 Å². The van der Waals surface area contributed by atoms with Crippen LogP contribution in [0, 0.1) is 0 Å². The lowest BCUT2D eigenvalue weighted by Gasteiger charge is -2.27. The number of Topliss-reactive ketones (excluding diaryl/α,β-unsaturated/α-hetero) is 1. The molecule has 192 valence electrons. The van der Waals surface area contributed by atoms with Gasteiger partial charge in [-0.05, 0) is 68.4 Å². The minimum Gasteiger partial charge on any atom is -0.507 e. The number of carbonyl (C=O) groups excluding carboxylic acids is 3. The molecule has 36 heavy (non-hydrogen) atoms. The van der Waals surface area contributed by atoms with Crippen LogP contribution in [-0.4, -0.2) is 66.4 Å². The summed E-state index contributed by atoms with van der Waals surface area (Å²) in [5.41, 5.74) is 1.87. The SMILES string of the molecule is CCOc1ccc(/C(O)=C2\C(=O)C(=O)N(CCN(C)C)C2c2cccc(OC(C)=O)c2)cc1C(C)C. The fraction of sp³-hybridized carbons (Fsp3) is 0.393. The van der Waals surface area contributed by atoms with E-state index < -0.39 is 23.7 Å². The molecule has 0 spiro atoms. The van der Waals surface area contributed by atoms with Gasteiger partial charge in [-0.3, -0.25) is 14.4 Å². The lowest BCUT2D eigenvalue weighted by atomic mass is 9.93. The Bertz CT molecular complexity index is 1180. The third-order valence-electron chi connectivity index (χ3n) is 5.97. The lowest BCUT2D eigenvalue weighted by Crippen LogP contribution is -2.35. The fourth-order valence-electron chi connectivity index (χ4n) is 4.27. The van der Waals surface area contributed by atoms with Crippen molar-refractivity contribution in [1.82, 2.24) is 9.80 Å². The van der Waals surface area contributed by atoms with E-state index in [2.05, 4.69) is 0 Å². The van der Waals surface area contributed by atoms with Gasteiger partial charge >= 0.3 is 5.97 Å². The number of hydrogen-bond acceptors (Lipinski definition) is 7. The number of ketones is 1. The molecule has 0 radical (unpaired) electrons. The monoisotopic (exact) mass is 494 g/mol. The second-order valence-corrected chi connectivity index (χ2v) is 9.30. The summed E-state index contributed by atoms with van der Waals surface area (Å²) in [7, 11) is 3.75. The Labute approximate surface area is 212 Å². The summed E-state index contributed by atoms with van der Waals surface area (Å²) >= 11 is 0. The van der Waals surface area contributed by atoms with Crippen molar-refractivity contribution >= 4 is 23.4 Å². The number of benzene rings is 2. The van der Waals surface area contributed by atoms with Crippen LogP contribution in [0.5, 0.6) is 11.5 Å². The van der Waals surface area contributed by atoms with Crippen LogP contribution in [0.2, 0.25) is 0 Å². The summed E-state index contributed by atoms with van der Waals surface area (Å²) in [4.78, 5) is 41.3. The average Bonchev–Trinajstić information content (AvgIpc) is 3.07. The van der Waals surface area contributed by atoms with Crippen LogP contribution in [0.25, 0.3) is 5.76 Å². The van der Waals surface area contributed by atoms with Crippen molar-refractivity contribution in [3.63, 3.8) is 0 Å². The van der Waals surface area contributed by atoms with Gasteiger partial charge in [-0.15, -0.1) is 0 Å². The molecule has 1 amide bonds. The molecule has 1 saturated heterocycles. The number of hydrogen-bond donors (Lipinski definition) is 1. The molecule has 1 aliphatic heterocycles. The van der Waals surface area contributed by atoms with E-state index in [1.807, 2.05) is 39.8 Å². The number of amides is 1. The zero-order valence-electron chi connectivity index (χ0n) is 21.7. The number of ether oxygens (including phenoxy) is 2. The van der Waals surface area contributed by atoms with E-state index in [0.717, 1.165) is 5.56 Å². The number of aliphatic hydroxyl groups is 1. The van der Waals surface area contributed by atoms with Crippen molar-refractivity contribution in [3.8, 4) is 11.5 Å². The third-order valence-corrected chi connectivity index (χ3v) is 5.97. The van der Waals surface area contributed by atoms with Gasteiger partial charge in [0.05, 0.1) is 18.2 Å². The highest BCUT2D eigenvalue weighted by molar-refractivity contribution is 6.46. The van der Waals surface area contributed by atoms with E-state index in [9.17, 15) is 19.5 Å². The van der Waals surface area contributed by atoms with Gasteiger partial charge in [0, 0.05) is 25.6 Å². The molecule has 8 nitrogen and oxygen atoms in total. The predicted octanol–water partition coefficient (Wildman–Crippen LogP) is 4.12. The summed E-state index contributed by atoms with van der Waals surface area (Å²) < 4.78 is 11.0. The first-order valence-electron chi connectivity index (χ1n) is 12.0. The largest absolute Gasteiger partial charge is 0.507 e. The van der Waals surface area contributed by atoms with Gasteiger partial charge in [-0.1, -0.05) is 26.0 Å². The highest BCUT2D eigenvalue weighted by atomic mass is 16.5. The molecule has 1 N–H and O–H groups in total. The summed E-state index contributed by atoms with van der Waals surface area (Å²) in [6.07, 6.45) is 0. The van der Waals surface area contributed by atoms with Crippen LogP contribution < -0.4 is 9.47 Å². The molecule has 1 unspecified atom stereocenters. The summed E-state index contributed by atoms with van der Waals surface area (Å²) in [5, 5.41) is 11.4. The molecule has 8 heteroatoms. The van der Waals surface area contributed by atoms with Crippen molar-refractivity contribution < 1.29 is 29.0 Å². The maximum atomic E-state index is 13.3. The zero-order valence-corrected chi connectivity index (χ0v) is 21.7. The molecule has 0 aromatic heterocycles. The smallest absolute Gasteiger partial charge is 0.308 e. The number of likely N-dealkylation sites (tertiary alicyclic amines) is 1. The Morgan fingerprint density at radius 3 is 2.47 bits per heavy atom. The van der Waals surface area contributed by atoms with Crippen LogP contribution in [0.4, 0.5) is 0 Å². The molecule has 1 aliphatic rings. The molecule has 0 bridgehead atoms. The number of carbonyl (C=O) groups is 3. The number of rotatable bonds is 9. The van der Waals surface area contributed by atoms with Gasteiger partial charge in [-0.2, -0.15) is 0 Å². The molecule has 2 aromatic rings. The van der Waals surface area contributed by atoms with Crippen LogP contribution >= 0.6 is 0 Å². The van der Waals surface area contributed by atoms with Gasteiger partial charge in [0.1, 0.15) is 17.3 Å². The van der Waals surface area contributed by atoms with Gasteiger partial charge in [-0.25, -0.2) is 0 Å². The Hall–Kier alpha value is -3.65. The fourth-order valence-corrected chi connectivity index (χ4v) is 4.27. The topological polar surface area (TPSA) is 96.4 Å². The summed E-state index contributed by atoms with van der Waals surface area (Å²) in [5.74, 6) is -1.07. The van der Waals surface area contributed by atoms with Crippen LogP contribution in [-0.2, 0) is 14.4 Å². The number of esters is 1. The minimum absolute atomic E-state index is 0.00222. The van der Waals surface area contributed by atoms with E-state index in [-0.39, 0.29) is 23.8 Å². The van der Waals surface area contributed by atoms with E-state index in [0.29, 0.717) is 35.8 Å². The number of aliphatic hydroxyl groups excluding tert-OH is 1. The van der Waals surface area contributed by atoms with Crippen molar-refractivity contribution in [2.75, 3.05) is 33.8 Å². The second-order valence-electron chi connectivity index (χ2n) is 9.30. The highest BCUT2D eigenvalue weighted by Gasteiger charge is 2.46. The number of nitrogens with zero attached hydrogens (tertiary/aromatic N) is 2. The third kappa shape index (κ3) is 5.76. The maximum Gasteiger partial charge on any atom is 0.308 e. The van der Waals surface area contributed by atoms with Crippen LogP contribution in [0.1, 0.15) is 56.3 Å². The summed E-state index contributed by atoms with van der Waals surface area (Å²) in [6, 6.07) is 11.1. The average molecular weight is 495 g/mol. The standard InChI is InChI=1S/C28H34N2O6/c1-7-35-23-12-11-20(16-22(23)17(2)3)26(32)24-25(19-9-8-10-21(15-19)36-18(4)31)30(14-13-29(5)6)28(34)27(24)33/h8-12,15-17,25,32H,7,13-14H2,1-6H3/b26-24+. The Morgan fingerprint density at radius 1 is 1.14 bits per heavy atom. The molecule has 3 rings (SSSR count). The van der Waals surface area contributed by atoms with E-state index in [1.54, 1.807) is 42.5 Å². The molecular weight excluding hydrogens is 460 g/mol. The maximum absolute atomic E-state index is 13.3. The van der Waals surface area contributed by atoms with E-state index in [1.165, 1.54) is 11.8 Å². The Balaban J connectivity index is 2.18. The summed E-state index contributed by atoms with van der Waals surface area (Å²) in [6.45, 7) is 8.53. The molecule has 1 fully saturated rings. The van der Waals surface area contributed by atoms with Crippen molar-refractivity contribution in [3.05, 3.63) is 64.7 Å². The van der Waals surface area contributed by atoms with Gasteiger partial charge < -0.3 is 24.4 Å². The van der Waals surface area contributed by atoms with Crippen LogP contribution in [0.15, 0.2) is 48.0 Å². The second kappa shape index (κ2) is 11.4. The van der Waals surface area contributed by atoms with Crippen molar-refractivity contribution in [2.24, 2.45) is 0 Å². The first-order chi connectivity index (χ1) is 17.0. The molecule has 1 heterocycles. The molecule has 0 saturated carbocycles. The lowest BCUT2D eigenvalue weighted by molar-refractivity contribution is -0.140. The molecule has 2 aromatic carbocycles. The van der Waals surface area contributed by atoms with Gasteiger partial charge in [0.2, 0.25) is 0 Å². The van der Waals surface area contributed by atoms with Crippen molar-refractivity contribution in [1.29, 1.82) is 0 Å². The Morgan fingerprint density at radius 2 is 1.86 bits per heavy atom.